The highest BCUT2D eigenvalue weighted by molar-refractivity contribution is 6.04. The van der Waals surface area contributed by atoms with Gasteiger partial charge in [0.2, 0.25) is 0 Å². The molecule has 0 radical (unpaired) electrons. The van der Waals surface area contributed by atoms with E-state index in [1.165, 1.54) is 31.2 Å². The maximum Gasteiger partial charge on any atom is 0.187 e. The van der Waals surface area contributed by atoms with E-state index < -0.39 is 11.6 Å². The zero-order valence-corrected chi connectivity index (χ0v) is 18.1. The van der Waals surface area contributed by atoms with Gasteiger partial charge in [-0.05, 0) is 51.1 Å². The van der Waals surface area contributed by atoms with Gasteiger partial charge in [0.25, 0.3) is 0 Å². The summed E-state index contributed by atoms with van der Waals surface area (Å²) < 4.78 is 29.5. The highest BCUT2D eigenvalue weighted by atomic mass is 19.2. The standard InChI is InChI=1S/C21H24F2N10/c1-32-8-3-4-14(32)7-9-33-12-18(28-31-33)13-10-15(20(24)26-11-13)21(29-30-25)27-17-6-2-5-16(22)19(17)23/h2,5-6,10-12,14H,3-4,7-9H2,1H3,(H2,24,26)(H2,25,27,29). The van der Waals surface area contributed by atoms with Crippen molar-refractivity contribution in [2.75, 3.05) is 19.3 Å². The molecule has 0 bridgehead atoms. The molecule has 10 nitrogen and oxygen atoms in total. The lowest BCUT2D eigenvalue weighted by molar-refractivity contribution is 0.282. The molecule has 4 rings (SSSR count). The first-order chi connectivity index (χ1) is 16.0. The summed E-state index contributed by atoms with van der Waals surface area (Å²) in [4.78, 5) is 10.6. The Bertz CT molecular complexity index is 1190. The number of likely N-dealkylation sites (tertiary alicyclic amines) is 1. The number of aliphatic imine (C=N–C) groups is 1. The number of nitrogens with zero attached hydrogens (tertiary/aromatic N) is 8. The summed E-state index contributed by atoms with van der Waals surface area (Å²) in [5, 5.41) is 15.4. The minimum absolute atomic E-state index is 0.0679. The van der Waals surface area contributed by atoms with Crippen molar-refractivity contribution < 1.29 is 8.78 Å². The molecule has 2 aromatic heterocycles. The Morgan fingerprint density at radius 3 is 2.91 bits per heavy atom. The number of anilines is 1. The molecule has 0 aliphatic carbocycles. The third kappa shape index (κ3) is 5.00. The van der Waals surface area contributed by atoms with E-state index in [0.29, 0.717) is 17.3 Å². The zero-order valence-electron chi connectivity index (χ0n) is 18.1. The third-order valence-electron chi connectivity index (χ3n) is 5.67. The maximum atomic E-state index is 14.1. The summed E-state index contributed by atoms with van der Waals surface area (Å²) in [5.74, 6) is 2.99. The average Bonchev–Trinajstić information content (AvgIpc) is 3.44. The number of hydrogen-bond donors (Lipinski definition) is 2. The summed E-state index contributed by atoms with van der Waals surface area (Å²) in [6.45, 7) is 1.86. The minimum atomic E-state index is -1.12. The monoisotopic (exact) mass is 454 g/mol. The summed E-state index contributed by atoms with van der Waals surface area (Å²) in [5.41, 5.74) is 7.15. The van der Waals surface area contributed by atoms with E-state index in [-0.39, 0.29) is 22.9 Å². The van der Waals surface area contributed by atoms with Crippen LogP contribution in [0.25, 0.3) is 11.3 Å². The molecule has 1 saturated heterocycles. The largest absolute Gasteiger partial charge is 0.383 e. The first-order valence-electron chi connectivity index (χ1n) is 10.5. The number of nitrogen functional groups attached to an aromatic ring is 1. The highest BCUT2D eigenvalue weighted by Crippen LogP contribution is 2.25. The number of benzene rings is 1. The fourth-order valence-corrected chi connectivity index (χ4v) is 3.84. The van der Waals surface area contributed by atoms with E-state index in [0.717, 1.165) is 25.6 Å². The van der Waals surface area contributed by atoms with Crippen LogP contribution in [0.15, 0.2) is 52.0 Å². The predicted octanol–water partition coefficient (Wildman–Crippen LogP) is 3.09. The highest BCUT2D eigenvalue weighted by Gasteiger charge is 2.21. The lowest BCUT2D eigenvalue weighted by Crippen LogP contribution is -2.26. The van der Waals surface area contributed by atoms with Crippen LogP contribution in [0, 0.1) is 11.6 Å². The van der Waals surface area contributed by atoms with Gasteiger partial charge in [0.15, 0.2) is 17.5 Å². The van der Waals surface area contributed by atoms with Crippen molar-refractivity contribution >= 4 is 17.3 Å². The molecule has 3 heterocycles. The zero-order chi connectivity index (χ0) is 23.4. The predicted molar refractivity (Wildman–Crippen MR) is 120 cm³/mol. The lowest BCUT2D eigenvalue weighted by atomic mass is 10.1. The van der Waals surface area contributed by atoms with Gasteiger partial charge in [-0.2, -0.15) is 0 Å². The summed E-state index contributed by atoms with van der Waals surface area (Å²) in [6.07, 6.45) is 6.75. The maximum absolute atomic E-state index is 14.1. The van der Waals surface area contributed by atoms with E-state index in [9.17, 15) is 8.78 Å². The molecule has 1 unspecified atom stereocenters. The van der Waals surface area contributed by atoms with Crippen LogP contribution in [0.1, 0.15) is 24.8 Å². The molecule has 1 fully saturated rings. The molecule has 172 valence electrons. The average molecular weight is 454 g/mol. The third-order valence-corrected chi connectivity index (χ3v) is 5.67. The number of aryl methyl sites for hydroxylation is 1. The number of aromatic nitrogens is 4. The van der Waals surface area contributed by atoms with Gasteiger partial charge in [0.1, 0.15) is 17.2 Å². The Morgan fingerprint density at radius 1 is 1.30 bits per heavy atom. The molecule has 4 N–H and O–H groups in total. The summed E-state index contributed by atoms with van der Waals surface area (Å²) in [6, 6.07) is 5.79. The van der Waals surface area contributed by atoms with Crippen molar-refractivity contribution in [2.45, 2.75) is 31.8 Å². The Morgan fingerprint density at radius 2 is 2.15 bits per heavy atom. The van der Waals surface area contributed by atoms with Crippen molar-refractivity contribution in [2.24, 2.45) is 21.2 Å². The second-order valence-electron chi connectivity index (χ2n) is 7.81. The molecule has 1 aliphatic heterocycles. The van der Waals surface area contributed by atoms with Crippen LogP contribution >= 0.6 is 0 Å². The Labute approximate surface area is 189 Å². The first kappa shape index (κ1) is 22.4. The van der Waals surface area contributed by atoms with Gasteiger partial charge in [-0.15, -0.1) is 10.2 Å². The summed E-state index contributed by atoms with van der Waals surface area (Å²) in [7, 11) is 2.14. The second-order valence-corrected chi connectivity index (χ2v) is 7.81. The molecule has 0 amide bonds. The van der Waals surface area contributed by atoms with Crippen molar-refractivity contribution in [3.63, 3.8) is 0 Å². The van der Waals surface area contributed by atoms with E-state index in [1.807, 2.05) is 6.20 Å². The smallest absolute Gasteiger partial charge is 0.187 e. The van der Waals surface area contributed by atoms with E-state index in [1.54, 1.807) is 10.7 Å². The van der Waals surface area contributed by atoms with Gasteiger partial charge in [-0.25, -0.2) is 18.8 Å². The van der Waals surface area contributed by atoms with Crippen LogP contribution in [-0.2, 0) is 6.54 Å². The molecular weight excluding hydrogens is 430 g/mol. The lowest BCUT2D eigenvalue weighted by Gasteiger charge is -2.18. The van der Waals surface area contributed by atoms with Crippen LogP contribution in [0.5, 0.6) is 0 Å². The van der Waals surface area contributed by atoms with Gasteiger partial charge in [-0.3, -0.25) is 4.68 Å². The van der Waals surface area contributed by atoms with Crippen LogP contribution in [0.3, 0.4) is 0 Å². The van der Waals surface area contributed by atoms with E-state index >= 15 is 0 Å². The van der Waals surface area contributed by atoms with Gasteiger partial charge in [0, 0.05) is 24.3 Å². The molecule has 12 heteroatoms. The Balaban J connectivity index is 1.61. The number of hydrogen-bond acceptors (Lipinski definition) is 7. The van der Waals surface area contributed by atoms with Crippen LogP contribution in [0.4, 0.5) is 20.3 Å². The fourth-order valence-electron chi connectivity index (χ4n) is 3.84. The molecular formula is C21H24F2N10. The van der Waals surface area contributed by atoms with E-state index in [4.69, 9.17) is 11.6 Å². The SMILES string of the molecule is CN1CCCC1CCn1cc(-c2cnc(N)c(C(N=NN)=Nc3cccc(F)c3F)c2)nn1. The quantitative estimate of drug-likeness (QED) is 0.193. The van der Waals surface area contributed by atoms with Gasteiger partial charge in [-0.1, -0.05) is 16.5 Å². The van der Waals surface area contributed by atoms with Crippen molar-refractivity contribution in [3.8, 4) is 11.3 Å². The normalized spacial score (nSPS) is 17.3. The first-order valence-corrected chi connectivity index (χ1v) is 10.5. The fraction of sp³-hybridized carbons (Fsp3) is 0.333. The Hall–Kier alpha value is -3.80. The molecule has 0 saturated carbocycles. The van der Waals surface area contributed by atoms with Crippen molar-refractivity contribution in [3.05, 3.63) is 53.9 Å². The Kier molecular flexibility index (Phi) is 6.63. The molecule has 33 heavy (non-hydrogen) atoms. The van der Waals surface area contributed by atoms with Crippen molar-refractivity contribution in [1.29, 1.82) is 0 Å². The van der Waals surface area contributed by atoms with Crippen LogP contribution in [-0.4, -0.2) is 50.3 Å². The van der Waals surface area contributed by atoms with E-state index in [2.05, 4.69) is 42.6 Å². The molecule has 1 aromatic carbocycles. The molecule has 0 spiro atoms. The van der Waals surface area contributed by atoms with Gasteiger partial charge >= 0.3 is 0 Å². The van der Waals surface area contributed by atoms with Gasteiger partial charge < -0.3 is 16.5 Å². The van der Waals surface area contributed by atoms with Crippen LogP contribution in [0.2, 0.25) is 0 Å². The molecule has 1 atom stereocenters. The van der Waals surface area contributed by atoms with Crippen LogP contribution < -0.4 is 11.6 Å². The molecule has 3 aromatic rings. The summed E-state index contributed by atoms with van der Waals surface area (Å²) >= 11 is 0. The number of rotatable bonds is 6. The topological polar surface area (TPSA) is 136 Å². The second kappa shape index (κ2) is 9.77. The number of nitrogens with two attached hydrogens (primary N) is 2. The molecule has 1 aliphatic rings. The number of halogens is 2. The number of pyridine rings is 1. The number of amidine groups is 1. The minimum Gasteiger partial charge on any atom is -0.383 e. The van der Waals surface area contributed by atoms with Gasteiger partial charge in [0.05, 0.1) is 11.8 Å². The van der Waals surface area contributed by atoms with Crippen molar-refractivity contribution in [1.82, 2.24) is 24.9 Å².